The number of likely N-dealkylation sites (tertiary alicyclic amines) is 1. The smallest absolute Gasteiger partial charge is 0.409 e. The lowest BCUT2D eigenvalue weighted by Crippen LogP contribution is -2.50. The number of carbonyl (C=O) groups is 1. The van der Waals surface area contributed by atoms with Gasteiger partial charge in [0.2, 0.25) is 0 Å². The van der Waals surface area contributed by atoms with Gasteiger partial charge in [-0.25, -0.2) is 4.79 Å². The lowest BCUT2D eigenvalue weighted by atomic mass is 10.1. The number of ether oxygens (including phenoxy) is 2. The molecule has 1 heterocycles. The lowest BCUT2D eigenvalue weighted by Gasteiger charge is -2.32. The van der Waals surface area contributed by atoms with E-state index in [2.05, 4.69) is 21.7 Å². The van der Waals surface area contributed by atoms with E-state index in [1.54, 1.807) is 19.1 Å². The van der Waals surface area contributed by atoms with Gasteiger partial charge in [0.05, 0.1) is 13.7 Å². The molecule has 1 aliphatic heterocycles. The zero-order valence-corrected chi connectivity index (χ0v) is 18.7. The quantitative estimate of drug-likeness (QED) is 0.365. The molecular weight excluding hydrogens is 459 g/mol. The molecule has 2 rings (SSSR count). The van der Waals surface area contributed by atoms with Crippen molar-refractivity contribution in [3.8, 4) is 5.75 Å². The molecule has 1 aliphatic rings. The maximum atomic E-state index is 11.7. The molecule has 1 aromatic rings. The Balaban J connectivity index is 0.00000364. The molecule has 0 aromatic heterocycles. The maximum Gasteiger partial charge on any atom is 0.409 e. The van der Waals surface area contributed by atoms with Gasteiger partial charge in [-0.2, -0.15) is 0 Å². The minimum Gasteiger partial charge on any atom is -0.497 e. The van der Waals surface area contributed by atoms with Crippen molar-refractivity contribution in [2.45, 2.75) is 32.2 Å². The molecule has 0 radical (unpaired) electrons. The van der Waals surface area contributed by atoms with Crippen LogP contribution in [0.3, 0.4) is 0 Å². The molecule has 1 fully saturated rings. The number of hydrogen-bond donors (Lipinski definition) is 2. The second kappa shape index (κ2) is 12.6. The van der Waals surface area contributed by atoms with E-state index in [0.717, 1.165) is 37.5 Å². The predicted molar refractivity (Wildman–Crippen MR) is 118 cm³/mol. The van der Waals surface area contributed by atoms with E-state index >= 15 is 0 Å². The van der Waals surface area contributed by atoms with Crippen LogP contribution >= 0.6 is 24.0 Å². The highest BCUT2D eigenvalue weighted by Crippen LogP contribution is 2.13. The number of benzene rings is 1. The highest BCUT2D eigenvalue weighted by atomic mass is 127. The zero-order chi connectivity index (χ0) is 18.8. The van der Waals surface area contributed by atoms with Crippen molar-refractivity contribution >= 4 is 36.0 Å². The number of piperidine rings is 1. The molecule has 1 aromatic carbocycles. The van der Waals surface area contributed by atoms with Crippen molar-refractivity contribution in [1.29, 1.82) is 0 Å². The fraction of sp³-hybridized carbons (Fsp3) is 0.579. The van der Waals surface area contributed by atoms with Crippen LogP contribution < -0.4 is 15.4 Å². The molecule has 152 valence electrons. The number of guanidine groups is 1. The largest absolute Gasteiger partial charge is 0.497 e. The summed E-state index contributed by atoms with van der Waals surface area (Å²) in [7, 11) is 3.45. The Labute approximate surface area is 178 Å². The maximum absolute atomic E-state index is 11.7. The normalized spacial score (nSPS) is 14.9. The van der Waals surface area contributed by atoms with Gasteiger partial charge < -0.3 is 25.0 Å². The van der Waals surface area contributed by atoms with Crippen LogP contribution in [-0.2, 0) is 11.2 Å². The Hall–Kier alpha value is -1.71. The van der Waals surface area contributed by atoms with Crippen LogP contribution in [0, 0.1) is 0 Å². The zero-order valence-electron chi connectivity index (χ0n) is 16.4. The molecule has 0 saturated carbocycles. The summed E-state index contributed by atoms with van der Waals surface area (Å²) in [6, 6.07) is 8.39. The summed E-state index contributed by atoms with van der Waals surface area (Å²) < 4.78 is 10.3. The van der Waals surface area contributed by atoms with Crippen LogP contribution in [0.1, 0.15) is 25.3 Å². The summed E-state index contributed by atoms with van der Waals surface area (Å²) in [5.74, 6) is 1.67. The molecule has 2 N–H and O–H groups in total. The second-order valence-corrected chi connectivity index (χ2v) is 6.21. The van der Waals surface area contributed by atoms with Crippen molar-refractivity contribution in [1.82, 2.24) is 15.5 Å². The van der Waals surface area contributed by atoms with E-state index in [1.165, 1.54) is 5.56 Å². The first-order chi connectivity index (χ1) is 12.7. The van der Waals surface area contributed by atoms with Gasteiger partial charge >= 0.3 is 6.09 Å². The Morgan fingerprint density at radius 3 is 2.70 bits per heavy atom. The molecule has 1 amide bonds. The number of amides is 1. The molecule has 0 spiro atoms. The highest BCUT2D eigenvalue weighted by Gasteiger charge is 2.23. The van der Waals surface area contributed by atoms with Crippen LogP contribution in [0.15, 0.2) is 29.3 Å². The number of methoxy groups -OCH3 is 1. The van der Waals surface area contributed by atoms with Crippen LogP contribution in [0.5, 0.6) is 5.75 Å². The van der Waals surface area contributed by atoms with Gasteiger partial charge in [0, 0.05) is 32.7 Å². The minimum atomic E-state index is -0.216. The van der Waals surface area contributed by atoms with E-state index in [4.69, 9.17) is 9.47 Å². The summed E-state index contributed by atoms with van der Waals surface area (Å²) in [5.41, 5.74) is 1.22. The Morgan fingerprint density at radius 2 is 2.07 bits per heavy atom. The summed E-state index contributed by atoms with van der Waals surface area (Å²) in [5, 5.41) is 6.79. The monoisotopic (exact) mass is 490 g/mol. The van der Waals surface area contributed by atoms with Gasteiger partial charge in [-0.1, -0.05) is 12.1 Å². The average molecular weight is 490 g/mol. The van der Waals surface area contributed by atoms with Crippen molar-refractivity contribution in [3.63, 3.8) is 0 Å². The van der Waals surface area contributed by atoms with Gasteiger partial charge in [-0.05, 0) is 43.9 Å². The fourth-order valence-electron chi connectivity index (χ4n) is 2.96. The number of hydrogen-bond acceptors (Lipinski definition) is 4. The van der Waals surface area contributed by atoms with Crippen molar-refractivity contribution < 1.29 is 14.3 Å². The van der Waals surface area contributed by atoms with Crippen molar-refractivity contribution in [2.75, 3.05) is 40.4 Å². The van der Waals surface area contributed by atoms with Crippen LogP contribution in [0.2, 0.25) is 0 Å². The van der Waals surface area contributed by atoms with E-state index in [-0.39, 0.29) is 30.1 Å². The van der Waals surface area contributed by atoms with Gasteiger partial charge in [-0.15, -0.1) is 24.0 Å². The molecule has 0 atom stereocenters. The number of nitrogens with zero attached hydrogens (tertiary/aromatic N) is 2. The molecule has 27 heavy (non-hydrogen) atoms. The number of nitrogens with one attached hydrogen (secondary N) is 2. The third-order valence-corrected chi connectivity index (χ3v) is 4.43. The van der Waals surface area contributed by atoms with Gasteiger partial charge in [0.25, 0.3) is 0 Å². The predicted octanol–water partition coefficient (Wildman–Crippen LogP) is 2.64. The molecule has 0 bridgehead atoms. The Bertz CT molecular complexity index is 604. The molecular formula is C19H31IN4O3. The SMILES string of the molecule is CCOC(=O)N1CCC(NC(=NC)NCCc2cccc(OC)c2)CC1.I. The van der Waals surface area contributed by atoms with E-state index in [1.807, 2.05) is 25.1 Å². The standard InChI is InChI=1S/C19H30N4O3.HI/c1-4-26-19(24)23-12-9-16(10-13-23)22-18(20-2)21-11-8-15-6-5-7-17(14-15)25-3;/h5-7,14,16H,4,8-13H2,1-3H3,(H2,20,21,22);1H. The van der Waals surface area contributed by atoms with Gasteiger partial charge in [0.1, 0.15) is 5.75 Å². The first-order valence-electron chi connectivity index (χ1n) is 9.18. The highest BCUT2D eigenvalue weighted by molar-refractivity contribution is 14.0. The molecule has 8 heteroatoms. The number of rotatable bonds is 6. The number of halogens is 1. The number of carbonyl (C=O) groups excluding carboxylic acids is 1. The molecule has 0 unspecified atom stereocenters. The minimum absolute atomic E-state index is 0. The van der Waals surface area contributed by atoms with E-state index < -0.39 is 0 Å². The van der Waals surface area contributed by atoms with Crippen LogP contribution in [0.4, 0.5) is 4.79 Å². The van der Waals surface area contributed by atoms with Crippen molar-refractivity contribution in [3.05, 3.63) is 29.8 Å². The second-order valence-electron chi connectivity index (χ2n) is 6.21. The number of aliphatic imine (C=N–C) groups is 1. The summed E-state index contributed by atoms with van der Waals surface area (Å²) >= 11 is 0. The third kappa shape index (κ3) is 7.82. The first kappa shape index (κ1) is 23.3. The summed E-state index contributed by atoms with van der Waals surface area (Å²) in [6.45, 7) is 4.44. The van der Waals surface area contributed by atoms with Crippen LogP contribution in [-0.4, -0.2) is 63.4 Å². The molecule has 0 aliphatic carbocycles. The lowest BCUT2D eigenvalue weighted by molar-refractivity contribution is 0.0963. The first-order valence-corrected chi connectivity index (χ1v) is 9.18. The van der Waals surface area contributed by atoms with Gasteiger partial charge in [0.15, 0.2) is 5.96 Å². The van der Waals surface area contributed by atoms with Gasteiger partial charge in [-0.3, -0.25) is 4.99 Å². The topological polar surface area (TPSA) is 75.2 Å². The Morgan fingerprint density at radius 1 is 1.33 bits per heavy atom. The average Bonchev–Trinajstić information content (AvgIpc) is 2.68. The van der Waals surface area contributed by atoms with Crippen LogP contribution in [0.25, 0.3) is 0 Å². The molecule has 1 saturated heterocycles. The van der Waals surface area contributed by atoms with E-state index in [0.29, 0.717) is 25.7 Å². The fourth-order valence-corrected chi connectivity index (χ4v) is 2.96. The summed E-state index contributed by atoms with van der Waals surface area (Å²) in [6.07, 6.45) is 2.44. The summed E-state index contributed by atoms with van der Waals surface area (Å²) in [4.78, 5) is 17.8. The van der Waals surface area contributed by atoms with E-state index in [9.17, 15) is 4.79 Å². The van der Waals surface area contributed by atoms with Crippen molar-refractivity contribution in [2.24, 2.45) is 4.99 Å². The third-order valence-electron chi connectivity index (χ3n) is 4.43. The Kier molecular flexibility index (Phi) is 10.9. The molecule has 7 nitrogen and oxygen atoms in total.